The lowest BCUT2D eigenvalue weighted by atomic mass is 10.1. The fraction of sp³-hybridized carbons (Fsp3) is 0.800. The molecule has 0 aromatic heterocycles. The Morgan fingerprint density at radius 3 is 2.25 bits per heavy atom. The monoisotopic (exact) mass is 120 g/mol. The molecule has 0 saturated heterocycles. The van der Waals surface area contributed by atoms with Crippen LogP contribution in [0, 0.1) is 0 Å². The maximum atomic E-state index is 12.3. The summed E-state index contributed by atoms with van der Waals surface area (Å²) in [6.07, 6.45) is 0.0162. The van der Waals surface area contributed by atoms with Crippen molar-refractivity contribution in [2.75, 3.05) is 0 Å². The van der Waals surface area contributed by atoms with Crippen LogP contribution in [0.15, 0.2) is 0 Å². The summed E-state index contributed by atoms with van der Waals surface area (Å²) in [4.78, 5) is 9.88. The first-order chi connectivity index (χ1) is 3.50. The second kappa shape index (κ2) is 2.11. The SMILES string of the molecule is CC[C@@](C)(F)C(=O)O. The third kappa shape index (κ3) is 1.48. The van der Waals surface area contributed by atoms with Crippen LogP contribution in [0.2, 0.25) is 0 Å². The fourth-order valence-electron chi connectivity index (χ4n) is 0.151. The molecule has 0 bridgehead atoms. The maximum Gasteiger partial charge on any atom is 0.341 e. The largest absolute Gasteiger partial charge is 0.479 e. The van der Waals surface area contributed by atoms with Crippen LogP contribution in [0.1, 0.15) is 20.3 Å². The average molecular weight is 120 g/mol. The predicted molar refractivity (Wildman–Crippen MR) is 27.4 cm³/mol. The molecule has 3 heteroatoms. The quantitative estimate of drug-likeness (QED) is 0.594. The van der Waals surface area contributed by atoms with Crippen LogP contribution in [0.25, 0.3) is 0 Å². The number of alkyl halides is 1. The number of rotatable bonds is 2. The van der Waals surface area contributed by atoms with Crippen molar-refractivity contribution in [1.29, 1.82) is 0 Å². The Morgan fingerprint density at radius 1 is 1.88 bits per heavy atom. The molecule has 48 valence electrons. The Morgan fingerprint density at radius 2 is 2.25 bits per heavy atom. The van der Waals surface area contributed by atoms with Crippen molar-refractivity contribution < 1.29 is 14.3 Å². The van der Waals surface area contributed by atoms with Crippen LogP contribution >= 0.6 is 0 Å². The first-order valence-corrected chi connectivity index (χ1v) is 2.43. The van der Waals surface area contributed by atoms with Crippen LogP contribution < -0.4 is 0 Å². The van der Waals surface area contributed by atoms with Crippen LogP contribution in [0.4, 0.5) is 4.39 Å². The minimum absolute atomic E-state index is 0.0162. The molecule has 0 saturated carbocycles. The van der Waals surface area contributed by atoms with Gasteiger partial charge < -0.3 is 5.11 Å². The zero-order valence-corrected chi connectivity index (χ0v) is 4.94. The summed E-state index contributed by atoms with van der Waals surface area (Å²) in [6, 6.07) is 0. The molecule has 0 aromatic rings. The van der Waals surface area contributed by atoms with E-state index in [1.807, 2.05) is 0 Å². The number of carbonyl (C=O) groups is 1. The zero-order chi connectivity index (χ0) is 6.78. The second-order valence-corrected chi connectivity index (χ2v) is 1.86. The van der Waals surface area contributed by atoms with Crippen molar-refractivity contribution in [2.45, 2.75) is 25.9 Å². The minimum atomic E-state index is -2.04. The molecule has 0 heterocycles. The van der Waals surface area contributed by atoms with Gasteiger partial charge in [0.1, 0.15) is 0 Å². The summed E-state index contributed by atoms with van der Waals surface area (Å²) < 4.78 is 12.3. The molecular formula is C5H9FO2. The molecule has 0 unspecified atom stereocenters. The molecule has 0 spiro atoms. The Labute approximate surface area is 47.3 Å². The highest BCUT2D eigenvalue weighted by Crippen LogP contribution is 2.13. The third-order valence-corrected chi connectivity index (χ3v) is 1.11. The molecular weight excluding hydrogens is 111 g/mol. The molecule has 0 aliphatic carbocycles. The zero-order valence-electron chi connectivity index (χ0n) is 4.94. The lowest BCUT2D eigenvalue weighted by Gasteiger charge is -2.09. The highest BCUT2D eigenvalue weighted by molar-refractivity contribution is 5.76. The van der Waals surface area contributed by atoms with E-state index in [1.165, 1.54) is 6.92 Å². The van der Waals surface area contributed by atoms with E-state index in [4.69, 9.17) is 5.11 Å². The van der Waals surface area contributed by atoms with Crippen LogP contribution in [-0.2, 0) is 4.79 Å². The number of aliphatic carboxylic acids is 1. The molecule has 0 rings (SSSR count). The van der Waals surface area contributed by atoms with E-state index in [1.54, 1.807) is 0 Å². The highest BCUT2D eigenvalue weighted by atomic mass is 19.1. The molecule has 0 aromatic carbocycles. The van der Waals surface area contributed by atoms with Gasteiger partial charge in [0.05, 0.1) is 0 Å². The van der Waals surface area contributed by atoms with Gasteiger partial charge in [-0.1, -0.05) is 6.92 Å². The molecule has 0 amide bonds. The molecule has 2 nitrogen and oxygen atoms in total. The van der Waals surface area contributed by atoms with Gasteiger partial charge in [0.2, 0.25) is 5.67 Å². The van der Waals surface area contributed by atoms with Gasteiger partial charge in [0.15, 0.2) is 0 Å². The summed E-state index contributed by atoms with van der Waals surface area (Å²) in [5.41, 5.74) is -2.04. The van der Waals surface area contributed by atoms with Crippen molar-refractivity contribution in [3.8, 4) is 0 Å². The molecule has 0 radical (unpaired) electrons. The Balaban J connectivity index is 3.91. The van der Waals surface area contributed by atoms with Crippen LogP contribution in [0.3, 0.4) is 0 Å². The Bertz CT molecular complexity index is 98.6. The maximum absolute atomic E-state index is 12.3. The lowest BCUT2D eigenvalue weighted by Crippen LogP contribution is -2.28. The van der Waals surface area contributed by atoms with Crippen molar-refractivity contribution >= 4 is 5.97 Å². The smallest absolute Gasteiger partial charge is 0.341 e. The second-order valence-electron chi connectivity index (χ2n) is 1.86. The van der Waals surface area contributed by atoms with Crippen molar-refractivity contribution in [2.24, 2.45) is 0 Å². The van der Waals surface area contributed by atoms with Gasteiger partial charge in [-0.15, -0.1) is 0 Å². The Kier molecular flexibility index (Phi) is 1.95. The average Bonchev–Trinajstić information content (AvgIpc) is 1.67. The molecule has 1 N–H and O–H groups in total. The van der Waals surface area contributed by atoms with Gasteiger partial charge >= 0.3 is 5.97 Å². The fourth-order valence-corrected chi connectivity index (χ4v) is 0.151. The lowest BCUT2D eigenvalue weighted by molar-refractivity contribution is -0.149. The predicted octanol–water partition coefficient (Wildman–Crippen LogP) is 1.21. The van der Waals surface area contributed by atoms with E-state index in [-0.39, 0.29) is 6.42 Å². The van der Waals surface area contributed by atoms with Gasteiger partial charge in [0.25, 0.3) is 0 Å². The first-order valence-electron chi connectivity index (χ1n) is 2.43. The van der Waals surface area contributed by atoms with Crippen molar-refractivity contribution in [3.05, 3.63) is 0 Å². The number of carboxylic acid groups (broad SMARTS) is 1. The number of carboxylic acids is 1. The number of hydrogen-bond donors (Lipinski definition) is 1. The van der Waals surface area contributed by atoms with E-state index in [0.29, 0.717) is 0 Å². The molecule has 8 heavy (non-hydrogen) atoms. The van der Waals surface area contributed by atoms with E-state index < -0.39 is 11.6 Å². The van der Waals surface area contributed by atoms with Gasteiger partial charge in [0, 0.05) is 0 Å². The van der Waals surface area contributed by atoms with E-state index in [0.717, 1.165) is 6.92 Å². The summed E-state index contributed by atoms with van der Waals surface area (Å²) in [6.45, 7) is 2.55. The van der Waals surface area contributed by atoms with Gasteiger partial charge in [-0.25, -0.2) is 9.18 Å². The highest BCUT2D eigenvalue weighted by Gasteiger charge is 2.29. The summed E-state index contributed by atoms with van der Waals surface area (Å²) in [5, 5.41) is 8.07. The summed E-state index contributed by atoms with van der Waals surface area (Å²) in [5.74, 6) is -1.39. The summed E-state index contributed by atoms with van der Waals surface area (Å²) >= 11 is 0. The molecule has 1 atom stereocenters. The normalized spacial score (nSPS) is 17.4. The van der Waals surface area contributed by atoms with Crippen LogP contribution in [-0.4, -0.2) is 16.7 Å². The van der Waals surface area contributed by atoms with Gasteiger partial charge in [-0.05, 0) is 13.3 Å². The van der Waals surface area contributed by atoms with Gasteiger partial charge in [-0.2, -0.15) is 0 Å². The van der Waals surface area contributed by atoms with E-state index >= 15 is 0 Å². The molecule has 0 aliphatic heterocycles. The standard InChI is InChI=1S/C5H9FO2/c1-3-5(2,6)4(7)8/h3H2,1-2H3,(H,7,8)/t5-/m1/s1. The number of hydrogen-bond acceptors (Lipinski definition) is 1. The van der Waals surface area contributed by atoms with Crippen molar-refractivity contribution in [1.82, 2.24) is 0 Å². The van der Waals surface area contributed by atoms with E-state index in [9.17, 15) is 9.18 Å². The summed E-state index contributed by atoms with van der Waals surface area (Å²) in [7, 11) is 0. The van der Waals surface area contributed by atoms with Gasteiger partial charge in [-0.3, -0.25) is 0 Å². The van der Waals surface area contributed by atoms with Crippen molar-refractivity contribution in [3.63, 3.8) is 0 Å². The number of halogens is 1. The molecule has 0 fully saturated rings. The third-order valence-electron chi connectivity index (χ3n) is 1.11. The molecule has 0 aliphatic rings. The first kappa shape index (κ1) is 7.40. The van der Waals surface area contributed by atoms with Crippen LogP contribution in [0.5, 0.6) is 0 Å². The topological polar surface area (TPSA) is 37.3 Å². The minimum Gasteiger partial charge on any atom is -0.479 e. The Hall–Kier alpha value is -0.600. The van der Waals surface area contributed by atoms with E-state index in [2.05, 4.69) is 0 Å².